The van der Waals surface area contributed by atoms with Crippen LogP contribution < -0.4 is 0 Å². The van der Waals surface area contributed by atoms with Gasteiger partial charge in [0.15, 0.2) is 0 Å². The largest absolute Gasteiger partial charge is 0.447 e. The first-order chi connectivity index (χ1) is 7.49. The van der Waals surface area contributed by atoms with E-state index in [0.717, 1.165) is 5.56 Å². The standard InChI is InChI=1S/C12H16FNO2/c1-9(2)16-12(15)14(3)8-10-4-6-11(13)7-5-10/h4-7,9H,8H2,1-3H3. The van der Waals surface area contributed by atoms with Gasteiger partial charge < -0.3 is 9.64 Å². The van der Waals surface area contributed by atoms with Crippen LogP contribution in [0.5, 0.6) is 0 Å². The molecule has 0 unspecified atom stereocenters. The Hall–Kier alpha value is -1.58. The Morgan fingerprint density at radius 1 is 1.38 bits per heavy atom. The van der Waals surface area contributed by atoms with Crippen molar-refractivity contribution in [1.29, 1.82) is 0 Å². The van der Waals surface area contributed by atoms with Crippen molar-refractivity contribution in [2.45, 2.75) is 26.5 Å². The van der Waals surface area contributed by atoms with Gasteiger partial charge in [0.25, 0.3) is 0 Å². The second-order valence-corrected chi connectivity index (χ2v) is 3.92. The van der Waals surface area contributed by atoms with Crippen molar-refractivity contribution in [1.82, 2.24) is 4.90 Å². The lowest BCUT2D eigenvalue weighted by molar-refractivity contribution is 0.0822. The molecule has 0 aliphatic rings. The maximum Gasteiger partial charge on any atom is 0.410 e. The SMILES string of the molecule is CC(C)OC(=O)N(C)Cc1ccc(F)cc1. The third-order valence-corrected chi connectivity index (χ3v) is 1.98. The molecule has 1 amide bonds. The Kier molecular flexibility index (Phi) is 4.28. The van der Waals surface area contributed by atoms with Crippen LogP contribution in [-0.2, 0) is 11.3 Å². The number of carbonyl (C=O) groups excluding carboxylic acids is 1. The first-order valence-corrected chi connectivity index (χ1v) is 5.15. The highest BCUT2D eigenvalue weighted by molar-refractivity contribution is 5.67. The lowest BCUT2D eigenvalue weighted by Gasteiger charge is -2.18. The molecule has 0 saturated heterocycles. The topological polar surface area (TPSA) is 29.5 Å². The van der Waals surface area contributed by atoms with Gasteiger partial charge in [-0.05, 0) is 31.5 Å². The van der Waals surface area contributed by atoms with Gasteiger partial charge in [-0.1, -0.05) is 12.1 Å². The van der Waals surface area contributed by atoms with Gasteiger partial charge >= 0.3 is 6.09 Å². The zero-order valence-electron chi connectivity index (χ0n) is 9.74. The van der Waals surface area contributed by atoms with E-state index in [4.69, 9.17) is 4.74 Å². The molecule has 3 nitrogen and oxygen atoms in total. The lowest BCUT2D eigenvalue weighted by atomic mass is 10.2. The summed E-state index contributed by atoms with van der Waals surface area (Å²) in [6, 6.07) is 6.04. The molecule has 0 fully saturated rings. The molecule has 0 aromatic heterocycles. The van der Waals surface area contributed by atoms with Crippen molar-refractivity contribution in [2.24, 2.45) is 0 Å². The highest BCUT2D eigenvalue weighted by Gasteiger charge is 2.11. The molecule has 88 valence electrons. The summed E-state index contributed by atoms with van der Waals surface area (Å²) in [4.78, 5) is 12.9. The van der Waals surface area contributed by atoms with Gasteiger partial charge in [0.2, 0.25) is 0 Å². The summed E-state index contributed by atoms with van der Waals surface area (Å²) in [5.74, 6) is -0.281. The van der Waals surface area contributed by atoms with Crippen LogP contribution in [-0.4, -0.2) is 24.1 Å². The number of benzene rings is 1. The predicted octanol–water partition coefficient (Wildman–Crippen LogP) is 2.80. The van der Waals surface area contributed by atoms with Crippen LogP contribution in [0.25, 0.3) is 0 Å². The summed E-state index contributed by atoms with van der Waals surface area (Å²) in [6.07, 6.45) is -0.512. The molecule has 1 aromatic rings. The normalized spacial score (nSPS) is 10.3. The average Bonchev–Trinajstić information content (AvgIpc) is 2.20. The van der Waals surface area contributed by atoms with Crippen molar-refractivity contribution in [3.05, 3.63) is 35.6 Å². The van der Waals surface area contributed by atoms with Gasteiger partial charge in [-0.2, -0.15) is 0 Å². The van der Waals surface area contributed by atoms with Crippen LogP contribution in [0.2, 0.25) is 0 Å². The number of hydrogen-bond acceptors (Lipinski definition) is 2. The van der Waals surface area contributed by atoms with Gasteiger partial charge in [0.05, 0.1) is 6.10 Å². The van der Waals surface area contributed by atoms with E-state index in [1.54, 1.807) is 33.0 Å². The molecule has 4 heteroatoms. The van der Waals surface area contributed by atoms with Crippen LogP contribution >= 0.6 is 0 Å². The number of ether oxygens (including phenoxy) is 1. The number of rotatable bonds is 3. The van der Waals surface area contributed by atoms with Gasteiger partial charge in [-0.3, -0.25) is 0 Å². The van der Waals surface area contributed by atoms with Crippen LogP contribution in [0.15, 0.2) is 24.3 Å². The van der Waals surface area contributed by atoms with E-state index in [2.05, 4.69) is 0 Å². The van der Waals surface area contributed by atoms with Crippen molar-refractivity contribution < 1.29 is 13.9 Å². The van der Waals surface area contributed by atoms with E-state index >= 15 is 0 Å². The first kappa shape index (κ1) is 12.5. The molecular weight excluding hydrogens is 209 g/mol. The monoisotopic (exact) mass is 225 g/mol. The Bertz CT molecular complexity index is 349. The highest BCUT2D eigenvalue weighted by Crippen LogP contribution is 2.07. The average molecular weight is 225 g/mol. The molecule has 1 aromatic carbocycles. The summed E-state index contributed by atoms with van der Waals surface area (Å²) in [6.45, 7) is 4.00. The number of hydrogen-bond donors (Lipinski definition) is 0. The van der Waals surface area contributed by atoms with E-state index in [-0.39, 0.29) is 18.0 Å². The van der Waals surface area contributed by atoms with Gasteiger partial charge in [-0.25, -0.2) is 9.18 Å². The molecule has 0 radical (unpaired) electrons. The number of carbonyl (C=O) groups is 1. The molecule has 0 bridgehead atoms. The molecule has 0 N–H and O–H groups in total. The molecule has 1 rings (SSSR count). The van der Waals surface area contributed by atoms with Crippen molar-refractivity contribution in [3.63, 3.8) is 0 Å². The van der Waals surface area contributed by atoms with E-state index in [0.29, 0.717) is 6.54 Å². The van der Waals surface area contributed by atoms with Gasteiger partial charge in [-0.15, -0.1) is 0 Å². The van der Waals surface area contributed by atoms with Crippen LogP contribution in [0.4, 0.5) is 9.18 Å². The smallest absolute Gasteiger partial charge is 0.410 e. The fourth-order valence-corrected chi connectivity index (χ4v) is 1.22. The minimum Gasteiger partial charge on any atom is -0.447 e. The molecular formula is C12H16FNO2. The second kappa shape index (κ2) is 5.49. The summed E-state index contributed by atoms with van der Waals surface area (Å²) in [5, 5.41) is 0. The molecule has 0 saturated carbocycles. The summed E-state index contributed by atoms with van der Waals surface area (Å²) < 4.78 is 17.7. The second-order valence-electron chi connectivity index (χ2n) is 3.92. The fraction of sp³-hybridized carbons (Fsp3) is 0.417. The van der Waals surface area contributed by atoms with E-state index in [1.165, 1.54) is 17.0 Å². The Balaban J connectivity index is 2.53. The minimum atomic E-state index is -0.376. The minimum absolute atomic E-state index is 0.136. The quantitative estimate of drug-likeness (QED) is 0.791. The summed E-state index contributed by atoms with van der Waals surface area (Å²) >= 11 is 0. The maximum absolute atomic E-state index is 12.6. The number of amides is 1. The van der Waals surface area contributed by atoms with Gasteiger partial charge in [0.1, 0.15) is 5.82 Å². The molecule has 0 heterocycles. The zero-order valence-corrected chi connectivity index (χ0v) is 9.74. The zero-order chi connectivity index (χ0) is 12.1. The Morgan fingerprint density at radius 2 is 1.94 bits per heavy atom. The third-order valence-electron chi connectivity index (χ3n) is 1.98. The van der Waals surface area contributed by atoms with E-state index in [1.807, 2.05) is 0 Å². The van der Waals surface area contributed by atoms with Crippen LogP contribution in [0.1, 0.15) is 19.4 Å². The van der Waals surface area contributed by atoms with Crippen molar-refractivity contribution in [3.8, 4) is 0 Å². The lowest BCUT2D eigenvalue weighted by Crippen LogP contribution is -2.29. The summed E-state index contributed by atoms with van der Waals surface area (Å²) in [5.41, 5.74) is 0.865. The van der Waals surface area contributed by atoms with Crippen LogP contribution in [0, 0.1) is 5.82 Å². The predicted molar refractivity (Wildman–Crippen MR) is 59.5 cm³/mol. The molecule has 0 spiro atoms. The Labute approximate surface area is 94.8 Å². The van der Waals surface area contributed by atoms with Gasteiger partial charge in [0, 0.05) is 13.6 Å². The van der Waals surface area contributed by atoms with E-state index < -0.39 is 0 Å². The molecule has 0 atom stereocenters. The molecule has 0 aliphatic carbocycles. The van der Waals surface area contributed by atoms with Crippen molar-refractivity contribution >= 4 is 6.09 Å². The molecule has 0 aliphatic heterocycles. The van der Waals surface area contributed by atoms with Crippen molar-refractivity contribution in [2.75, 3.05) is 7.05 Å². The number of halogens is 1. The first-order valence-electron chi connectivity index (χ1n) is 5.15. The molecule has 16 heavy (non-hydrogen) atoms. The van der Waals surface area contributed by atoms with E-state index in [9.17, 15) is 9.18 Å². The Morgan fingerprint density at radius 3 is 2.44 bits per heavy atom. The maximum atomic E-state index is 12.6. The highest BCUT2D eigenvalue weighted by atomic mass is 19.1. The summed E-state index contributed by atoms with van der Waals surface area (Å²) in [7, 11) is 1.65. The van der Waals surface area contributed by atoms with Crippen LogP contribution in [0.3, 0.4) is 0 Å². The number of nitrogens with zero attached hydrogens (tertiary/aromatic N) is 1. The fourth-order valence-electron chi connectivity index (χ4n) is 1.22. The third kappa shape index (κ3) is 3.88.